The topological polar surface area (TPSA) is 45.2 Å². The fraction of sp³-hybridized carbons (Fsp3) is 0.167. The minimum absolute atomic E-state index is 0.241. The number of anilines is 1. The summed E-state index contributed by atoms with van der Waals surface area (Å²) in [6.07, 6.45) is 1.63. The van der Waals surface area contributed by atoms with Gasteiger partial charge in [-0.2, -0.15) is 0 Å². The molecule has 0 saturated carbocycles. The van der Waals surface area contributed by atoms with E-state index in [0.29, 0.717) is 11.7 Å². The zero-order chi connectivity index (χ0) is 13.0. The summed E-state index contributed by atoms with van der Waals surface area (Å²) in [4.78, 5) is 17.3. The van der Waals surface area contributed by atoms with Crippen molar-refractivity contribution in [2.75, 3.05) is 12.4 Å². The summed E-state index contributed by atoms with van der Waals surface area (Å²) in [5.74, 6) is -0.284. The third-order valence-corrected chi connectivity index (χ3v) is 3.01. The first-order valence-corrected chi connectivity index (χ1v) is 6.19. The van der Waals surface area contributed by atoms with Crippen LogP contribution in [0.3, 0.4) is 0 Å². The number of amides is 2. The van der Waals surface area contributed by atoms with Gasteiger partial charge in [0.2, 0.25) is 0 Å². The molecule has 1 aromatic heterocycles. The quantitative estimate of drug-likeness (QED) is 0.927. The van der Waals surface area contributed by atoms with Crippen molar-refractivity contribution in [3.05, 3.63) is 47.2 Å². The van der Waals surface area contributed by atoms with Crippen molar-refractivity contribution in [2.45, 2.75) is 6.54 Å². The van der Waals surface area contributed by atoms with E-state index in [4.69, 9.17) is 0 Å². The first kappa shape index (κ1) is 12.5. The molecule has 2 amide bonds. The maximum atomic E-state index is 12.7. The molecule has 0 spiro atoms. The Kier molecular flexibility index (Phi) is 3.88. The summed E-state index contributed by atoms with van der Waals surface area (Å²) < 4.78 is 12.7. The summed E-state index contributed by atoms with van der Waals surface area (Å²) in [5.41, 5.74) is 0.869. The predicted molar refractivity (Wildman–Crippen MR) is 69.0 cm³/mol. The number of hydrogen-bond donors (Lipinski definition) is 1. The minimum Gasteiger partial charge on any atom is -0.323 e. The zero-order valence-corrected chi connectivity index (χ0v) is 10.6. The van der Waals surface area contributed by atoms with Crippen LogP contribution in [0.15, 0.2) is 35.8 Å². The number of carbonyl (C=O) groups is 1. The van der Waals surface area contributed by atoms with Crippen molar-refractivity contribution in [3.63, 3.8) is 0 Å². The van der Waals surface area contributed by atoms with Crippen LogP contribution in [0.1, 0.15) is 5.56 Å². The van der Waals surface area contributed by atoms with Gasteiger partial charge in [-0.25, -0.2) is 14.2 Å². The number of benzene rings is 1. The van der Waals surface area contributed by atoms with Crippen molar-refractivity contribution in [2.24, 2.45) is 0 Å². The molecular weight excluding hydrogens is 253 g/mol. The fourth-order valence-electron chi connectivity index (χ4n) is 1.41. The molecule has 6 heteroatoms. The van der Waals surface area contributed by atoms with E-state index in [0.717, 1.165) is 5.56 Å². The monoisotopic (exact) mass is 265 g/mol. The molecule has 0 unspecified atom stereocenters. The number of nitrogens with one attached hydrogen (secondary N) is 1. The Morgan fingerprint density at radius 1 is 1.44 bits per heavy atom. The van der Waals surface area contributed by atoms with E-state index in [-0.39, 0.29) is 11.8 Å². The van der Waals surface area contributed by atoms with Gasteiger partial charge in [-0.1, -0.05) is 12.1 Å². The Morgan fingerprint density at radius 3 is 2.78 bits per heavy atom. The summed E-state index contributed by atoms with van der Waals surface area (Å²) in [6.45, 7) is 0.414. The number of thiazole rings is 1. The lowest BCUT2D eigenvalue weighted by Crippen LogP contribution is -2.30. The predicted octanol–water partition coefficient (Wildman–Crippen LogP) is 2.95. The number of hydrogen-bond acceptors (Lipinski definition) is 3. The smallest absolute Gasteiger partial charge is 0.323 e. The SMILES string of the molecule is CN(Cc1ccc(F)cc1)C(=O)Nc1nccs1. The van der Waals surface area contributed by atoms with Gasteiger partial charge in [-0.15, -0.1) is 11.3 Å². The molecule has 0 bridgehead atoms. The van der Waals surface area contributed by atoms with Crippen molar-refractivity contribution in [1.29, 1.82) is 0 Å². The molecule has 0 saturated heterocycles. The Balaban J connectivity index is 1.93. The Bertz CT molecular complexity index is 513. The van der Waals surface area contributed by atoms with Crippen LogP contribution in [-0.4, -0.2) is 23.0 Å². The first-order chi connectivity index (χ1) is 8.65. The van der Waals surface area contributed by atoms with Gasteiger partial charge < -0.3 is 4.90 Å². The molecule has 1 N–H and O–H groups in total. The van der Waals surface area contributed by atoms with Crippen LogP contribution < -0.4 is 5.32 Å². The molecule has 0 aliphatic heterocycles. The molecule has 4 nitrogen and oxygen atoms in total. The van der Waals surface area contributed by atoms with Gasteiger partial charge in [0.15, 0.2) is 5.13 Å². The van der Waals surface area contributed by atoms with E-state index in [1.807, 2.05) is 0 Å². The van der Waals surface area contributed by atoms with E-state index in [1.54, 1.807) is 30.8 Å². The molecule has 0 aliphatic carbocycles. The van der Waals surface area contributed by atoms with Crippen molar-refractivity contribution in [3.8, 4) is 0 Å². The lowest BCUT2D eigenvalue weighted by Gasteiger charge is -2.16. The third kappa shape index (κ3) is 3.27. The van der Waals surface area contributed by atoms with Gasteiger partial charge in [0.05, 0.1) is 0 Å². The maximum Gasteiger partial charge on any atom is 0.323 e. The number of halogens is 1. The summed E-state index contributed by atoms with van der Waals surface area (Å²) in [6, 6.07) is 5.82. The Labute approximate surface area is 108 Å². The fourth-order valence-corrected chi connectivity index (χ4v) is 1.93. The van der Waals surface area contributed by atoms with Crippen molar-refractivity contribution >= 4 is 22.5 Å². The molecule has 1 aromatic carbocycles. The van der Waals surface area contributed by atoms with Crippen molar-refractivity contribution in [1.82, 2.24) is 9.88 Å². The molecule has 2 aromatic rings. The van der Waals surface area contributed by atoms with Crippen molar-refractivity contribution < 1.29 is 9.18 Å². The molecule has 1 heterocycles. The maximum absolute atomic E-state index is 12.7. The van der Waals surface area contributed by atoms with Crippen LogP contribution in [0, 0.1) is 5.82 Å². The number of nitrogens with zero attached hydrogens (tertiary/aromatic N) is 2. The van der Waals surface area contributed by atoms with Crippen LogP contribution in [0.5, 0.6) is 0 Å². The Hall–Kier alpha value is -1.95. The highest BCUT2D eigenvalue weighted by Crippen LogP contribution is 2.12. The normalized spacial score (nSPS) is 10.1. The van der Waals surface area contributed by atoms with Crippen LogP contribution >= 0.6 is 11.3 Å². The lowest BCUT2D eigenvalue weighted by atomic mass is 10.2. The average Bonchev–Trinajstić information content (AvgIpc) is 2.85. The van der Waals surface area contributed by atoms with Gasteiger partial charge in [0.1, 0.15) is 5.82 Å². The van der Waals surface area contributed by atoms with Crippen LogP contribution in [0.4, 0.5) is 14.3 Å². The average molecular weight is 265 g/mol. The van der Waals surface area contributed by atoms with Gasteiger partial charge >= 0.3 is 6.03 Å². The van der Waals surface area contributed by atoms with Crippen LogP contribution in [-0.2, 0) is 6.54 Å². The molecular formula is C12H12FN3OS. The number of carbonyl (C=O) groups excluding carboxylic acids is 1. The highest BCUT2D eigenvalue weighted by Gasteiger charge is 2.10. The molecule has 0 aliphatic rings. The van der Waals surface area contributed by atoms with E-state index in [2.05, 4.69) is 10.3 Å². The van der Waals surface area contributed by atoms with Gasteiger partial charge in [0.25, 0.3) is 0 Å². The highest BCUT2D eigenvalue weighted by molar-refractivity contribution is 7.13. The van der Waals surface area contributed by atoms with E-state index in [9.17, 15) is 9.18 Å². The van der Waals surface area contributed by atoms with E-state index >= 15 is 0 Å². The van der Waals surface area contributed by atoms with E-state index < -0.39 is 0 Å². The minimum atomic E-state index is -0.284. The van der Waals surface area contributed by atoms with Gasteiger partial charge in [-0.05, 0) is 17.7 Å². The largest absolute Gasteiger partial charge is 0.323 e. The summed E-state index contributed by atoms with van der Waals surface area (Å²) in [7, 11) is 1.67. The molecule has 2 rings (SSSR count). The number of urea groups is 1. The molecule has 0 fully saturated rings. The Morgan fingerprint density at radius 2 is 2.17 bits per heavy atom. The highest BCUT2D eigenvalue weighted by atomic mass is 32.1. The third-order valence-electron chi connectivity index (χ3n) is 2.33. The van der Waals surface area contributed by atoms with Crippen LogP contribution in [0.25, 0.3) is 0 Å². The molecule has 94 valence electrons. The second-order valence-corrected chi connectivity index (χ2v) is 4.64. The molecule has 0 atom stereocenters. The second kappa shape index (κ2) is 5.59. The lowest BCUT2D eigenvalue weighted by molar-refractivity contribution is 0.220. The number of rotatable bonds is 3. The number of aromatic nitrogens is 1. The van der Waals surface area contributed by atoms with Gasteiger partial charge in [-0.3, -0.25) is 5.32 Å². The van der Waals surface area contributed by atoms with E-state index in [1.165, 1.54) is 28.4 Å². The first-order valence-electron chi connectivity index (χ1n) is 5.31. The summed E-state index contributed by atoms with van der Waals surface area (Å²) >= 11 is 1.36. The molecule has 0 radical (unpaired) electrons. The zero-order valence-electron chi connectivity index (χ0n) is 9.76. The van der Waals surface area contributed by atoms with Crippen LogP contribution in [0.2, 0.25) is 0 Å². The molecule has 18 heavy (non-hydrogen) atoms. The van der Waals surface area contributed by atoms with Gasteiger partial charge in [0, 0.05) is 25.2 Å². The second-order valence-electron chi connectivity index (χ2n) is 3.75. The standard InChI is InChI=1S/C12H12FN3OS/c1-16(8-9-2-4-10(13)5-3-9)12(17)15-11-14-6-7-18-11/h2-7H,8H2,1H3,(H,14,15,17). The summed E-state index contributed by atoms with van der Waals surface area (Å²) in [5, 5.41) is 5.02.